The van der Waals surface area contributed by atoms with Gasteiger partial charge in [0.05, 0.1) is 0 Å². The lowest BCUT2D eigenvalue weighted by Gasteiger charge is -2.23. The first-order valence-corrected chi connectivity index (χ1v) is 6.96. The summed E-state index contributed by atoms with van der Waals surface area (Å²) >= 11 is 1.94. The quantitative estimate of drug-likeness (QED) is 0.626. The molecule has 88 valence electrons. The molecule has 0 spiro atoms. The van der Waals surface area contributed by atoms with E-state index in [-0.39, 0.29) is 0 Å². The predicted molar refractivity (Wildman–Crippen MR) is 72.0 cm³/mol. The van der Waals surface area contributed by atoms with Crippen molar-refractivity contribution in [3.63, 3.8) is 0 Å². The van der Waals surface area contributed by atoms with Crippen molar-refractivity contribution >= 4 is 17.4 Å². The Morgan fingerprint density at radius 3 is 3.00 bits per heavy atom. The Labute approximate surface area is 102 Å². The zero-order chi connectivity index (χ0) is 11.4. The number of rotatable bonds is 3. The molecular formula is C13H20N2S. The minimum Gasteiger partial charge on any atom is -0.399 e. The highest BCUT2D eigenvalue weighted by Gasteiger charge is 2.12. The Morgan fingerprint density at radius 2 is 2.31 bits per heavy atom. The molecule has 1 unspecified atom stereocenters. The lowest BCUT2D eigenvalue weighted by Crippen LogP contribution is -2.35. The SMILES string of the molecule is Cc1cc(N)ccc1SCC1CCCCN1. The Morgan fingerprint density at radius 1 is 1.44 bits per heavy atom. The van der Waals surface area contributed by atoms with E-state index < -0.39 is 0 Å². The van der Waals surface area contributed by atoms with Gasteiger partial charge in [0.2, 0.25) is 0 Å². The topological polar surface area (TPSA) is 38.0 Å². The van der Waals surface area contributed by atoms with E-state index in [1.54, 1.807) is 0 Å². The fourth-order valence-electron chi connectivity index (χ4n) is 2.09. The van der Waals surface area contributed by atoms with Gasteiger partial charge in [0.25, 0.3) is 0 Å². The van der Waals surface area contributed by atoms with Crippen LogP contribution in [0, 0.1) is 6.92 Å². The van der Waals surface area contributed by atoms with Gasteiger partial charge in [-0.15, -0.1) is 11.8 Å². The van der Waals surface area contributed by atoms with Crippen LogP contribution in [-0.2, 0) is 0 Å². The van der Waals surface area contributed by atoms with Gasteiger partial charge < -0.3 is 11.1 Å². The van der Waals surface area contributed by atoms with E-state index in [2.05, 4.69) is 24.4 Å². The van der Waals surface area contributed by atoms with E-state index in [0.717, 1.165) is 5.69 Å². The number of aryl methyl sites for hydroxylation is 1. The minimum absolute atomic E-state index is 0.690. The number of hydrogen-bond acceptors (Lipinski definition) is 3. The Hall–Kier alpha value is -0.670. The van der Waals surface area contributed by atoms with Crippen LogP contribution in [0.3, 0.4) is 0 Å². The molecule has 0 radical (unpaired) electrons. The van der Waals surface area contributed by atoms with Gasteiger partial charge in [0, 0.05) is 22.4 Å². The molecule has 3 heteroatoms. The maximum Gasteiger partial charge on any atom is 0.0317 e. The maximum atomic E-state index is 5.74. The Balaban J connectivity index is 1.88. The van der Waals surface area contributed by atoms with E-state index in [1.807, 2.05) is 17.8 Å². The molecule has 0 bridgehead atoms. The molecule has 0 saturated carbocycles. The second-order valence-corrected chi connectivity index (χ2v) is 5.54. The molecule has 1 heterocycles. The number of anilines is 1. The maximum absolute atomic E-state index is 5.74. The second-order valence-electron chi connectivity index (χ2n) is 4.48. The molecule has 1 fully saturated rings. The zero-order valence-corrected chi connectivity index (χ0v) is 10.6. The van der Waals surface area contributed by atoms with Gasteiger partial charge in [0.1, 0.15) is 0 Å². The van der Waals surface area contributed by atoms with Crippen molar-refractivity contribution in [3.8, 4) is 0 Å². The first-order valence-electron chi connectivity index (χ1n) is 5.98. The first-order chi connectivity index (χ1) is 7.75. The van der Waals surface area contributed by atoms with Gasteiger partial charge in [-0.2, -0.15) is 0 Å². The summed E-state index contributed by atoms with van der Waals surface area (Å²) in [5, 5.41) is 3.57. The monoisotopic (exact) mass is 236 g/mol. The van der Waals surface area contributed by atoms with Crippen molar-refractivity contribution < 1.29 is 0 Å². The van der Waals surface area contributed by atoms with Gasteiger partial charge in [-0.1, -0.05) is 6.42 Å². The van der Waals surface area contributed by atoms with Crippen LogP contribution in [0.5, 0.6) is 0 Å². The second kappa shape index (κ2) is 5.60. The van der Waals surface area contributed by atoms with Crippen LogP contribution in [0.1, 0.15) is 24.8 Å². The predicted octanol–water partition coefficient (Wildman–Crippen LogP) is 2.81. The molecule has 16 heavy (non-hydrogen) atoms. The average Bonchev–Trinajstić information content (AvgIpc) is 2.29. The molecule has 0 amide bonds. The summed E-state index contributed by atoms with van der Waals surface area (Å²) in [7, 11) is 0. The Bertz CT molecular complexity index is 346. The third-order valence-corrected chi connectivity index (χ3v) is 4.39. The summed E-state index contributed by atoms with van der Waals surface area (Å²) < 4.78 is 0. The van der Waals surface area contributed by atoms with Crippen LogP contribution >= 0.6 is 11.8 Å². The molecule has 0 aromatic heterocycles. The van der Waals surface area contributed by atoms with Gasteiger partial charge in [-0.05, 0) is 50.1 Å². The van der Waals surface area contributed by atoms with Gasteiger partial charge in [0.15, 0.2) is 0 Å². The van der Waals surface area contributed by atoms with Crippen molar-refractivity contribution in [2.75, 3.05) is 18.0 Å². The van der Waals surface area contributed by atoms with Crippen molar-refractivity contribution in [1.82, 2.24) is 5.32 Å². The molecule has 1 atom stereocenters. The third kappa shape index (κ3) is 3.16. The molecule has 1 aliphatic rings. The van der Waals surface area contributed by atoms with E-state index >= 15 is 0 Å². The third-order valence-electron chi connectivity index (χ3n) is 3.05. The summed E-state index contributed by atoms with van der Waals surface area (Å²) in [6.07, 6.45) is 4.03. The van der Waals surface area contributed by atoms with Crippen molar-refractivity contribution in [2.24, 2.45) is 0 Å². The van der Waals surface area contributed by atoms with Gasteiger partial charge >= 0.3 is 0 Å². The van der Waals surface area contributed by atoms with Crippen LogP contribution in [0.25, 0.3) is 0 Å². The standard InChI is InChI=1S/C13H20N2S/c1-10-8-11(14)5-6-13(10)16-9-12-4-2-3-7-15-12/h5-6,8,12,15H,2-4,7,9,14H2,1H3. The molecular weight excluding hydrogens is 216 g/mol. The van der Waals surface area contributed by atoms with Gasteiger partial charge in [-0.25, -0.2) is 0 Å². The van der Waals surface area contributed by atoms with Crippen LogP contribution in [-0.4, -0.2) is 18.3 Å². The smallest absolute Gasteiger partial charge is 0.0317 e. The number of piperidine rings is 1. The summed E-state index contributed by atoms with van der Waals surface area (Å²) in [4.78, 5) is 1.36. The lowest BCUT2D eigenvalue weighted by molar-refractivity contribution is 0.430. The molecule has 3 N–H and O–H groups in total. The molecule has 1 aromatic rings. The summed E-state index contributed by atoms with van der Waals surface area (Å²) in [6, 6.07) is 6.87. The van der Waals surface area contributed by atoms with Crippen LogP contribution in [0.2, 0.25) is 0 Å². The van der Waals surface area contributed by atoms with Crippen molar-refractivity contribution in [1.29, 1.82) is 0 Å². The van der Waals surface area contributed by atoms with E-state index in [0.29, 0.717) is 6.04 Å². The highest BCUT2D eigenvalue weighted by atomic mass is 32.2. The Kier molecular flexibility index (Phi) is 4.13. The molecule has 1 saturated heterocycles. The number of hydrogen-bond donors (Lipinski definition) is 2. The highest BCUT2D eigenvalue weighted by Crippen LogP contribution is 2.26. The fourth-order valence-corrected chi connectivity index (χ4v) is 3.21. The average molecular weight is 236 g/mol. The normalized spacial score (nSPS) is 20.9. The largest absolute Gasteiger partial charge is 0.399 e. The summed E-state index contributed by atoms with van der Waals surface area (Å²) in [5.41, 5.74) is 7.90. The van der Waals surface area contributed by atoms with Crippen LogP contribution in [0.4, 0.5) is 5.69 Å². The van der Waals surface area contributed by atoms with Crippen LogP contribution in [0.15, 0.2) is 23.1 Å². The summed E-state index contributed by atoms with van der Waals surface area (Å²) in [6.45, 7) is 3.32. The molecule has 2 rings (SSSR count). The van der Waals surface area contributed by atoms with Crippen molar-refractivity contribution in [2.45, 2.75) is 37.1 Å². The van der Waals surface area contributed by atoms with Crippen molar-refractivity contribution in [3.05, 3.63) is 23.8 Å². The van der Waals surface area contributed by atoms with Gasteiger partial charge in [-0.3, -0.25) is 0 Å². The zero-order valence-electron chi connectivity index (χ0n) is 9.83. The lowest BCUT2D eigenvalue weighted by atomic mass is 10.1. The van der Waals surface area contributed by atoms with Crippen LogP contribution < -0.4 is 11.1 Å². The van der Waals surface area contributed by atoms with E-state index in [4.69, 9.17) is 5.73 Å². The molecule has 1 aromatic carbocycles. The number of nitrogen functional groups attached to an aromatic ring is 1. The van der Waals surface area contributed by atoms with E-state index in [9.17, 15) is 0 Å². The molecule has 0 aliphatic carbocycles. The summed E-state index contributed by atoms with van der Waals surface area (Å²) in [5.74, 6) is 1.17. The highest BCUT2D eigenvalue weighted by molar-refractivity contribution is 7.99. The fraction of sp³-hybridized carbons (Fsp3) is 0.538. The number of benzene rings is 1. The number of thioether (sulfide) groups is 1. The first kappa shape index (κ1) is 11.8. The minimum atomic E-state index is 0.690. The molecule has 2 nitrogen and oxygen atoms in total. The van der Waals surface area contributed by atoms with E-state index in [1.165, 1.54) is 42.0 Å². The molecule has 1 aliphatic heterocycles. The number of nitrogens with one attached hydrogen (secondary N) is 1. The number of nitrogens with two attached hydrogens (primary N) is 1.